The lowest BCUT2D eigenvalue weighted by molar-refractivity contribution is 0.321. The molecule has 2 heterocycles. The largest absolute Gasteiger partial charge is 0.493 e. The van der Waals surface area contributed by atoms with Crippen molar-refractivity contribution >= 4 is 23.3 Å². The molecule has 1 aliphatic heterocycles. The number of ether oxygens (including phenoxy) is 3. The van der Waals surface area contributed by atoms with Crippen LogP contribution >= 0.6 is 12.4 Å². The minimum Gasteiger partial charge on any atom is -0.493 e. The zero-order chi connectivity index (χ0) is 20.5. The first-order valence-corrected chi connectivity index (χ1v) is 10.2. The molecule has 3 aromatic rings. The van der Waals surface area contributed by atoms with E-state index in [1.807, 2.05) is 6.07 Å². The summed E-state index contributed by atoms with van der Waals surface area (Å²) in [6.07, 6.45) is 1.84. The van der Waals surface area contributed by atoms with Crippen LogP contribution in [0.5, 0.6) is 17.2 Å². The second-order valence-corrected chi connectivity index (χ2v) is 7.93. The van der Waals surface area contributed by atoms with Crippen molar-refractivity contribution in [3.63, 3.8) is 0 Å². The Morgan fingerprint density at radius 1 is 1.00 bits per heavy atom. The van der Waals surface area contributed by atoms with Gasteiger partial charge < -0.3 is 24.5 Å². The van der Waals surface area contributed by atoms with Gasteiger partial charge >= 0.3 is 0 Å². The van der Waals surface area contributed by atoms with E-state index in [2.05, 4.69) is 48.4 Å². The molecule has 0 spiro atoms. The number of hydrogen-bond acceptors (Lipinski definition) is 4. The first kappa shape index (κ1) is 22.3. The van der Waals surface area contributed by atoms with Crippen LogP contribution in [0.1, 0.15) is 48.2 Å². The fraction of sp³-hybridized carbons (Fsp3) is 0.417. The molecule has 1 unspecified atom stereocenters. The summed E-state index contributed by atoms with van der Waals surface area (Å²) in [6, 6.07) is 11.0. The number of aromatic amines is 1. The number of nitrogens with one attached hydrogen (secondary N) is 2. The highest BCUT2D eigenvalue weighted by atomic mass is 35.5. The van der Waals surface area contributed by atoms with Gasteiger partial charge in [-0.1, -0.05) is 26.0 Å². The van der Waals surface area contributed by atoms with Crippen LogP contribution in [0.4, 0.5) is 0 Å². The number of aromatic nitrogens is 1. The normalized spacial score (nSPS) is 15.6. The molecule has 1 aliphatic rings. The fourth-order valence-electron chi connectivity index (χ4n) is 4.40. The lowest BCUT2D eigenvalue weighted by Crippen LogP contribution is -2.31. The van der Waals surface area contributed by atoms with Crippen LogP contribution < -0.4 is 19.5 Å². The highest BCUT2D eigenvalue weighted by Crippen LogP contribution is 2.42. The van der Waals surface area contributed by atoms with Crippen molar-refractivity contribution in [2.24, 2.45) is 0 Å². The molecule has 0 saturated carbocycles. The molecule has 0 bridgehead atoms. The van der Waals surface area contributed by atoms with E-state index in [-0.39, 0.29) is 18.4 Å². The van der Waals surface area contributed by atoms with Crippen molar-refractivity contribution in [2.75, 3.05) is 27.9 Å². The van der Waals surface area contributed by atoms with Gasteiger partial charge in [-0.15, -0.1) is 12.4 Å². The maximum atomic E-state index is 5.70. The average Bonchev–Trinajstić information content (AvgIpc) is 3.12. The monoisotopic (exact) mass is 430 g/mol. The number of H-pyrrole nitrogens is 1. The molecular weight excluding hydrogens is 400 g/mol. The lowest BCUT2D eigenvalue weighted by Gasteiger charge is -2.26. The van der Waals surface area contributed by atoms with Crippen LogP contribution in [0.3, 0.4) is 0 Å². The van der Waals surface area contributed by atoms with Crippen LogP contribution in [0.2, 0.25) is 0 Å². The maximum absolute atomic E-state index is 5.70. The third-order valence-electron chi connectivity index (χ3n) is 5.95. The summed E-state index contributed by atoms with van der Waals surface area (Å²) in [4.78, 5) is 3.68. The van der Waals surface area contributed by atoms with Gasteiger partial charge in [-0.2, -0.15) is 0 Å². The molecule has 0 amide bonds. The van der Waals surface area contributed by atoms with E-state index in [0.717, 1.165) is 30.7 Å². The SMILES string of the molecule is COc1ccc(CC2NCCc3c2[nH]c2ccc(C(C)C)cc32)c(OC)c1OC.Cl. The Balaban J connectivity index is 0.00000256. The van der Waals surface area contributed by atoms with Crippen molar-refractivity contribution in [1.82, 2.24) is 10.3 Å². The van der Waals surface area contributed by atoms with Crippen LogP contribution in [-0.2, 0) is 12.8 Å². The molecule has 162 valence electrons. The molecular formula is C24H31ClN2O3. The number of fused-ring (bicyclic) bond motifs is 3. The standard InChI is InChI=1S/C24H30N2O3.ClH/c1-14(2)15-6-8-19-18(12-15)17-10-11-25-20(22(17)26-19)13-16-7-9-21(27-3)24(29-5)23(16)28-4;/h6-9,12,14,20,25-26H,10-11,13H2,1-5H3;1H. The van der Waals surface area contributed by atoms with Gasteiger partial charge in [0.05, 0.1) is 27.4 Å². The molecule has 1 aromatic heterocycles. The number of hydrogen-bond donors (Lipinski definition) is 2. The van der Waals surface area contributed by atoms with Crippen LogP contribution in [0.15, 0.2) is 30.3 Å². The van der Waals surface area contributed by atoms with Gasteiger partial charge in [0.15, 0.2) is 11.5 Å². The van der Waals surface area contributed by atoms with E-state index >= 15 is 0 Å². The van der Waals surface area contributed by atoms with Crippen molar-refractivity contribution in [1.29, 1.82) is 0 Å². The molecule has 30 heavy (non-hydrogen) atoms. The minimum atomic E-state index is 0. The Hall–Kier alpha value is -2.37. The second kappa shape index (κ2) is 9.19. The summed E-state index contributed by atoms with van der Waals surface area (Å²) in [5.74, 6) is 2.58. The third kappa shape index (κ3) is 3.84. The minimum absolute atomic E-state index is 0. The highest BCUT2D eigenvalue weighted by Gasteiger charge is 2.26. The van der Waals surface area contributed by atoms with E-state index in [0.29, 0.717) is 17.4 Å². The zero-order valence-corrected chi connectivity index (χ0v) is 19.1. The molecule has 5 nitrogen and oxygen atoms in total. The van der Waals surface area contributed by atoms with E-state index in [4.69, 9.17) is 14.2 Å². The van der Waals surface area contributed by atoms with E-state index in [1.54, 1.807) is 21.3 Å². The first-order chi connectivity index (χ1) is 14.1. The lowest BCUT2D eigenvalue weighted by atomic mass is 9.93. The highest BCUT2D eigenvalue weighted by molar-refractivity contribution is 5.86. The van der Waals surface area contributed by atoms with E-state index in [9.17, 15) is 0 Å². The maximum Gasteiger partial charge on any atom is 0.203 e. The number of benzene rings is 2. The van der Waals surface area contributed by atoms with Crippen molar-refractivity contribution in [3.8, 4) is 17.2 Å². The Kier molecular flexibility index (Phi) is 6.84. The summed E-state index contributed by atoms with van der Waals surface area (Å²) in [7, 11) is 4.96. The van der Waals surface area contributed by atoms with Gasteiger partial charge in [-0.3, -0.25) is 0 Å². The van der Waals surface area contributed by atoms with Crippen LogP contribution in [0.25, 0.3) is 10.9 Å². The van der Waals surface area contributed by atoms with Gasteiger partial charge in [-0.25, -0.2) is 0 Å². The first-order valence-electron chi connectivity index (χ1n) is 10.2. The Labute approximate surface area is 184 Å². The predicted octanol–water partition coefficient (Wildman–Crippen LogP) is 5.17. The number of halogens is 1. The second-order valence-electron chi connectivity index (χ2n) is 7.93. The average molecular weight is 431 g/mol. The molecule has 0 radical (unpaired) electrons. The van der Waals surface area contributed by atoms with E-state index < -0.39 is 0 Å². The summed E-state index contributed by atoms with van der Waals surface area (Å²) in [6.45, 7) is 5.45. The third-order valence-corrected chi connectivity index (χ3v) is 5.95. The quantitative estimate of drug-likeness (QED) is 0.566. The topological polar surface area (TPSA) is 55.5 Å². The van der Waals surface area contributed by atoms with Crippen LogP contribution in [0, 0.1) is 0 Å². The van der Waals surface area contributed by atoms with Gasteiger partial charge in [0.25, 0.3) is 0 Å². The van der Waals surface area contributed by atoms with Crippen molar-refractivity contribution in [2.45, 2.75) is 38.6 Å². The summed E-state index contributed by atoms with van der Waals surface area (Å²) < 4.78 is 16.7. The van der Waals surface area contributed by atoms with E-state index in [1.165, 1.54) is 27.7 Å². The molecule has 4 rings (SSSR count). The molecule has 6 heteroatoms. The fourth-order valence-corrected chi connectivity index (χ4v) is 4.40. The molecule has 2 aromatic carbocycles. The van der Waals surface area contributed by atoms with Crippen LogP contribution in [-0.4, -0.2) is 32.9 Å². The molecule has 0 saturated heterocycles. The van der Waals surface area contributed by atoms with Crippen molar-refractivity contribution < 1.29 is 14.2 Å². The Morgan fingerprint density at radius 2 is 1.77 bits per heavy atom. The zero-order valence-electron chi connectivity index (χ0n) is 18.3. The Morgan fingerprint density at radius 3 is 2.43 bits per heavy atom. The summed E-state index contributed by atoms with van der Waals surface area (Å²) >= 11 is 0. The smallest absolute Gasteiger partial charge is 0.203 e. The molecule has 0 aliphatic carbocycles. The van der Waals surface area contributed by atoms with Gasteiger partial charge in [0, 0.05) is 22.2 Å². The van der Waals surface area contributed by atoms with Gasteiger partial charge in [0.2, 0.25) is 5.75 Å². The predicted molar refractivity (Wildman–Crippen MR) is 124 cm³/mol. The summed E-state index contributed by atoms with van der Waals surface area (Å²) in [5, 5.41) is 5.04. The van der Waals surface area contributed by atoms with Gasteiger partial charge in [-0.05, 0) is 54.6 Å². The molecule has 2 N–H and O–H groups in total. The number of methoxy groups -OCH3 is 3. The number of rotatable bonds is 6. The summed E-state index contributed by atoms with van der Waals surface area (Å²) in [5.41, 5.74) is 6.41. The van der Waals surface area contributed by atoms with Gasteiger partial charge in [0.1, 0.15) is 0 Å². The Bertz CT molecular complexity index is 1030. The molecule has 0 fully saturated rings. The van der Waals surface area contributed by atoms with Crippen molar-refractivity contribution in [3.05, 3.63) is 52.7 Å². The molecule has 1 atom stereocenters.